The first-order valence-electron chi connectivity index (χ1n) is 5.65. The molecule has 5 heteroatoms. The standard InChI is InChI=1S/C12H15ClN4/c1-8(13)7-9(2)14-12-15-10-5-3-4-6-11(10)16-17-12/h3-6,8-9H,7H2,1-2H3,(H,14,15,17). The van der Waals surface area contributed by atoms with Gasteiger partial charge in [0.2, 0.25) is 5.95 Å². The Hall–Kier alpha value is -1.42. The van der Waals surface area contributed by atoms with Crippen LogP contribution in [-0.4, -0.2) is 26.6 Å². The normalized spacial score (nSPS) is 14.5. The van der Waals surface area contributed by atoms with E-state index in [-0.39, 0.29) is 11.4 Å². The Morgan fingerprint density at radius 3 is 2.59 bits per heavy atom. The Morgan fingerprint density at radius 2 is 1.88 bits per heavy atom. The number of fused-ring (bicyclic) bond motifs is 1. The quantitative estimate of drug-likeness (QED) is 0.848. The number of hydrogen-bond acceptors (Lipinski definition) is 4. The molecule has 0 spiro atoms. The number of nitrogens with zero attached hydrogens (tertiary/aromatic N) is 3. The van der Waals surface area contributed by atoms with Crippen molar-refractivity contribution in [2.75, 3.05) is 5.32 Å². The van der Waals surface area contributed by atoms with Gasteiger partial charge in [0.25, 0.3) is 0 Å². The van der Waals surface area contributed by atoms with Crippen LogP contribution in [0.3, 0.4) is 0 Å². The van der Waals surface area contributed by atoms with Crippen LogP contribution in [0.15, 0.2) is 24.3 Å². The van der Waals surface area contributed by atoms with Crippen LogP contribution in [-0.2, 0) is 0 Å². The summed E-state index contributed by atoms with van der Waals surface area (Å²) in [5.74, 6) is 0.550. The molecule has 2 unspecified atom stereocenters. The Kier molecular flexibility index (Phi) is 3.74. The summed E-state index contributed by atoms with van der Waals surface area (Å²) in [5, 5.41) is 11.5. The molecule has 90 valence electrons. The summed E-state index contributed by atoms with van der Waals surface area (Å²) < 4.78 is 0. The predicted molar refractivity (Wildman–Crippen MR) is 70.3 cm³/mol. The van der Waals surface area contributed by atoms with Gasteiger partial charge in [-0.15, -0.1) is 21.8 Å². The molecule has 0 saturated heterocycles. The van der Waals surface area contributed by atoms with Crippen LogP contribution in [0.5, 0.6) is 0 Å². The number of hydrogen-bond donors (Lipinski definition) is 1. The minimum Gasteiger partial charge on any atom is -0.350 e. The molecule has 0 aliphatic heterocycles. The lowest BCUT2D eigenvalue weighted by Crippen LogP contribution is -2.20. The van der Waals surface area contributed by atoms with Crippen molar-refractivity contribution in [2.45, 2.75) is 31.7 Å². The van der Waals surface area contributed by atoms with Crippen LogP contribution in [0.1, 0.15) is 20.3 Å². The van der Waals surface area contributed by atoms with Crippen LogP contribution < -0.4 is 5.32 Å². The van der Waals surface area contributed by atoms with Crippen molar-refractivity contribution < 1.29 is 0 Å². The summed E-state index contributed by atoms with van der Waals surface area (Å²) in [7, 11) is 0. The van der Waals surface area contributed by atoms with Crippen molar-refractivity contribution in [1.82, 2.24) is 15.2 Å². The summed E-state index contributed by atoms with van der Waals surface area (Å²) in [6, 6.07) is 7.90. The molecule has 17 heavy (non-hydrogen) atoms. The van der Waals surface area contributed by atoms with Crippen LogP contribution in [0, 0.1) is 0 Å². The van der Waals surface area contributed by atoms with Crippen LogP contribution >= 0.6 is 11.6 Å². The third-order valence-electron chi connectivity index (χ3n) is 2.41. The van der Waals surface area contributed by atoms with E-state index >= 15 is 0 Å². The molecule has 0 radical (unpaired) electrons. The number of halogens is 1. The van der Waals surface area contributed by atoms with E-state index in [0.29, 0.717) is 5.95 Å². The van der Waals surface area contributed by atoms with Gasteiger partial charge in [-0.2, -0.15) is 0 Å². The summed E-state index contributed by atoms with van der Waals surface area (Å²) >= 11 is 5.94. The first-order valence-corrected chi connectivity index (χ1v) is 6.09. The molecule has 1 aromatic carbocycles. The number of para-hydroxylation sites is 1. The van der Waals surface area contributed by atoms with E-state index in [1.165, 1.54) is 0 Å². The zero-order valence-corrected chi connectivity index (χ0v) is 10.6. The molecule has 0 aliphatic carbocycles. The zero-order chi connectivity index (χ0) is 12.3. The number of benzene rings is 1. The van der Waals surface area contributed by atoms with E-state index in [1.807, 2.05) is 31.2 Å². The van der Waals surface area contributed by atoms with Gasteiger partial charge in [0.15, 0.2) is 0 Å². The highest BCUT2D eigenvalue weighted by Crippen LogP contribution is 2.11. The van der Waals surface area contributed by atoms with Crippen molar-refractivity contribution in [1.29, 1.82) is 0 Å². The largest absolute Gasteiger partial charge is 0.350 e. The van der Waals surface area contributed by atoms with E-state index < -0.39 is 0 Å². The molecule has 0 aliphatic rings. The van der Waals surface area contributed by atoms with E-state index in [4.69, 9.17) is 11.6 Å². The molecule has 2 aromatic rings. The maximum absolute atomic E-state index is 5.94. The van der Waals surface area contributed by atoms with Crippen LogP contribution in [0.4, 0.5) is 5.95 Å². The molecule has 4 nitrogen and oxygen atoms in total. The van der Waals surface area contributed by atoms with Gasteiger partial charge in [0.1, 0.15) is 5.52 Å². The second-order valence-corrected chi connectivity index (χ2v) is 4.93. The first-order chi connectivity index (χ1) is 8.15. The molecular weight excluding hydrogens is 236 g/mol. The fraction of sp³-hybridized carbons (Fsp3) is 0.417. The predicted octanol–water partition coefficient (Wildman–Crippen LogP) is 2.84. The first kappa shape index (κ1) is 12.0. The lowest BCUT2D eigenvalue weighted by molar-refractivity contribution is 0.688. The Labute approximate surface area is 105 Å². The van der Waals surface area contributed by atoms with Crippen LogP contribution in [0.2, 0.25) is 0 Å². The summed E-state index contributed by atoms with van der Waals surface area (Å²) in [4.78, 5) is 4.39. The van der Waals surface area contributed by atoms with Crippen molar-refractivity contribution in [3.63, 3.8) is 0 Å². The average Bonchev–Trinajstić information content (AvgIpc) is 2.27. The van der Waals surface area contributed by atoms with E-state index in [2.05, 4.69) is 27.4 Å². The lowest BCUT2D eigenvalue weighted by Gasteiger charge is -2.14. The molecule has 2 rings (SSSR count). The van der Waals surface area contributed by atoms with Crippen molar-refractivity contribution >= 4 is 28.6 Å². The molecular formula is C12H15ClN4. The van der Waals surface area contributed by atoms with Crippen molar-refractivity contribution in [3.05, 3.63) is 24.3 Å². The molecule has 1 aromatic heterocycles. The van der Waals surface area contributed by atoms with Gasteiger partial charge in [0.05, 0.1) is 5.52 Å². The number of alkyl halides is 1. The maximum atomic E-state index is 5.94. The average molecular weight is 251 g/mol. The Morgan fingerprint density at radius 1 is 1.18 bits per heavy atom. The molecule has 1 heterocycles. The number of anilines is 1. The van der Waals surface area contributed by atoms with E-state index in [0.717, 1.165) is 17.5 Å². The number of aromatic nitrogens is 3. The van der Waals surface area contributed by atoms with Gasteiger partial charge in [-0.05, 0) is 32.4 Å². The van der Waals surface area contributed by atoms with Crippen LogP contribution in [0.25, 0.3) is 11.0 Å². The lowest BCUT2D eigenvalue weighted by atomic mass is 10.2. The zero-order valence-electron chi connectivity index (χ0n) is 9.89. The molecule has 0 saturated carbocycles. The van der Waals surface area contributed by atoms with Crippen molar-refractivity contribution in [2.24, 2.45) is 0 Å². The minimum atomic E-state index is 0.130. The number of rotatable bonds is 4. The minimum absolute atomic E-state index is 0.130. The molecule has 1 N–H and O–H groups in total. The molecule has 2 atom stereocenters. The summed E-state index contributed by atoms with van der Waals surface area (Å²) in [5.41, 5.74) is 1.65. The number of nitrogens with one attached hydrogen (secondary N) is 1. The van der Waals surface area contributed by atoms with Gasteiger partial charge < -0.3 is 5.32 Å². The van der Waals surface area contributed by atoms with Gasteiger partial charge >= 0.3 is 0 Å². The highest BCUT2D eigenvalue weighted by atomic mass is 35.5. The molecule has 0 amide bonds. The SMILES string of the molecule is CC(Cl)CC(C)Nc1nnc2ccccc2n1. The second-order valence-electron chi connectivity index (χ2n) is 4.19. The summed E-state index contributed by atoms with van der Waals surface area (Å²) in [6.45, 7) is 4.02. The fourth-order valence-corrected chi connectivity index (χ4v) is 1.98. The molecule has 0 fully saturated rings. The topological polar surface area (TPSA) is 50.7 Å². The molecule has 0 bridgehead atoms. The van der Waals surface area contributed by atoms with Gasteiger partial charge in [-0.3, -0.25) is 0 Å². The second kappa shape index (κ2) is 5.27. The smallest absolute Gasteiger partial charge is 0.243 e. The Balaban J connectivity index is 2.14. The maximum Gasteiger partial charge on any atom is 0.243 e. The third-order valence-corrected chi connectivity index (χ3v) is 2.59. The Bertz CT molecular complexity index is 501. The fourth-order valence-electron chi connectivity index (χ4n) is 1.71. The highest BCUT2D eigenvalue weighted by Gasteiger charge is 2.08. The van der Waals surface area contributed by atoms with E-state index in [9.17, 15) is 0 Å². The van der Waals surface area contributed by atoms with Gasteiger partial charge in [-0.1, -0.05) is 12.1 Å². The third kappa shape index (κ3) is 3.27. The van der Waals surface area contributed by atoms with Gasteiger partial charge in [-0.25, -0.2) is 4.98 Å². The van der Waals surface area contributed by atoms with Crippen molar-refractivity contribution in [3.8, 4) is 0 Å². The van der Waals surface area contributed by atoms with Gasteiger partial charge in [0, 0.05) is 11.4 Å². The van der Waals surface area contributed by atoms with E-state index in [1.54, 1.807) is 0 Å². The monoisotopic (exact) mass is 250 g/mol. The summed E-state index contributed by atoms with van der Waals surface area (Å²) in [6.07, 6.45) is 0.859. The highest BCUT2D eigenvalue weighted by molar-refractivity contribution is 6.20.